The van der Waals surface area contributed by atoms with Gasteiger partial charge in [-0.2, -0.15) is 0 Å². The van der Waals surface area contributed by atoms with Crippen molar-refractivity contribution in [2.75, 3.05) is 6.98 Å². The molecule has 0 aliphatic carbocycles. The van der Waals surface area contributed by atoms with Crippen LogP contribution in [-0.2, 0) is 11.3 Å². The molecule has 0 fully saturated rings. The Balaban J connectivity index is 1.45. The van der Waals surface area contributed by atoms with Crippen LogP contribution in [0, 0.1) is 11.5 Å². The van der Waals surface area contributed by atoms with Crippen LogP contribution in [0.5, 0.6) is 0 Å². The van der Waals surface area contributed by atoms with Gasteiger partial charge in [-0.15, -0.1) is 5.54 Å². The number of carbonyl (C=O) groups is 2. The summed E-state index contributed by atoms with van der Waals surface area (Å²) >= 11 is 0. The zero-order valence-corrected chi connectivity index (χ0v) is 31.1. The molecule has 6 rings (SSSR count). The van der Waals surface area contributed by atoms with E-state index < -0.39 is 38.7 Å². The zero-order valence-electron chi connectivity index (χ0n) is 33.1. The predicted molar refractivity (Wildman–Crippen MR) is 200 cm³/mol. The van der Waals surface area contributed by atoms with Crippen LogP contribution >= 0.6 is 0 Å². The van der Waals surface area contributed by atoms with E-state index in [0.29, 0.717) is 41.0 Å². The third-order valence-electron chi connectivity index (χ3n) is 10.4. The molecule has 256 valence electrons. The zero-order chi connectivity index (χ0) is 37.9. The van der Waals surface area contributed by atoms with Crippen LogP contribution in [0.4, 0.5) is 4.79 Å². The van der Waals surface area contributed by atoms with E-state index in [4.69, 9.17) is 13.8 Å². The van der Waals surface area contributed by atoms with E-state index in [2.05, 4.69) is 69.0 Å². The quantitative estimate of drug-likeness (QED) is 0.163. The van der Waals surface area contributed by atoms with Gasteiger partial charge < -0.3 is 19.5 Å². The van der Waals surface area contributed by atoms with E-state index in [-0.39, 0.29) is 6.04 Å². The number of fused-ring (bicyclic) bond motifs is 9. The van der Waals surface area contributed by atoms with E-state index in [9.17, 15) is 9.59 Å². The van der Waals surface area contributed by atoms with Crippen LogP contribution in [0.3, 0.4) is 0 Å². The second-order valence-electron chi connectivity index (χ2n) is 15.5. The van der Waals surface area contributed by atoms with Crippen molar-refractivity contribution in [2.45, 2.75) is 110 Å². The Kier molecular flexibility index (Phi) is 8.04. The molecule has 2 atom stereocenters. The number of carbonyl (C=O) groups excluding carboxylic acids is 2. The highest BCUT2D eigenvalue weighted by Crippen LogP contribution is 2.49. The Morgan fingerprint density at radius 2 is 1.67 bits per heavy atom. The highest BCUT2D eigenvalue weighted by molar-refractivity contribution is 6.90. The molecule has 0 spiro atoms. The number of alkyl carbamates (subject to hydrolysis) is 1. The fourth-order valence-electron chi connectivity index (χ4n) is 8.15. The summed E-state index contributed by atoms with van der Waals surface area (Å²) in [5.41, 5.74) is 11.0. The molecule has 2 aliphatic heterocycles. The number of nitrogens with zero attached hydrogens (tertiary/aromatic N) is 3. The van der Waals surface area contributed by atoms with Gasteiger partial charge in [0.1, 0.15) is 19.5 Å². The van der Waals surface area contributed by atoms with Crippen molar-refractivity contribution in [3.63, 3.8) is 0 Å². The first-order valence-corrected chi connectivity index (χ1v) is 19.6. The van der Waals surface area contributed by atoms with Crippen molar-refractivity contribution in [1.82, 2.24) is 19.8 Å². The van der Waals surface area contributed by atoms with Gasteiger partial charge in [-0.05, 0) is 78.4 Å². The number of hydrogen-bond donors (Lipinski definition) is 1. The molecule has 0 saturated carbocycles. The maximum Gasteiger partial charge on any atom is 0.407 e. The molecule has 4 aromatic rings. The summed E-state index contributed by atoms with van der Waals surface area (Å²) in [6.07, 6.45) is -0.0630. The minimum Gasteiger partial charge on any atom is -0.444 e. The molecule has 7 nitrogen and oxygen atoms in total. The first-order valence-electron chi connectivity index (χ1n) is 18.9. The number of aromatic nitrogens is 2. The maximum atomic E-state index is 14.2. The molecule has 0 saturated heterocycles. The Morgan fingerprint density at radius 3 is 2.31 bits per heavy atom. The van der Waals surface area contributed by atoms with E-state index >= 15 is 0 Å². The van der Waals surface area contributed by atoms with Crippen molar-refractivity contribution in [3.8, 4) is 22.6 Å². The van der Waals surface area contributed by atoms with Crippen LogP contribution in [0.15, 0.2) is 60.7 Å². The molecule has 49 heavy (non-hydrogen) atoms. The Hall–Kier alpha value is -4.35. The Bertz CT molecular complexity index is 2060. The van der Waals surface area contributed by atoms with Crippen LogP contribution < -0.4 is 5.32 Å². The Morgan fingerprint density at radius 1 is 1.00 bits per heavy atom. The highest BCUT2D eigenvalue weighted by Gasteiger charge is 2.45. The van der Waals surface area contributed by atoms with Crippen LogP contribution in [0.25, 0.3) is 22.2 Å². The van der Waals surface area contributed by atoms with E-state index in [0.717, 1.165) is 43.8 Å². The summed E-state index contributed by atoms with van der Waals surface area (Å²) in [7, 11) is -2.12. The number of ether oxygens (including phenoxy) is 1. The maximum absolute atomic E-state index is 14.2. The average Bonchev–Trinajstić information content (AvgIpc) is 3.55. The van der Waals surface area contributed by atoms with Gasteiger partial charge >= 0.3 is 6.09 Å². The third kappa shape index (κ3) is 6.18. The van der Waals surface area contributed by atoms with Crippen LogP contribution in [0.1, 0.15) is 118 Å². The number of benzene rings is 3. The number of imidazole rings is 1. The first kappa shape index (κ1) is 30.7. The van der Waals surface area contributed by atoms with Crippen molar-refractivity contribution < 1.29 is 18.4 Å². The molecule has 0 radical (unpaired) electrons. The van der Waals surface area contributed by atoms with Gasteiger partial charge in [0.05, 0.1) is 23.1 Å². The molecule has 1 N–H and O–H groups in total. The van der Waals surface area contributed by atoms with Crippen LogP contribution in [0.2, 0.25) is 16.6 Å². The SMILES string of the molecule is [2H]C([2H])([2H])N1C(=O)c2cccc(C#C[Si](C(C)C)(C(C)C)C(C)C)c2[C@H]2C[C@@H]1c1nc3ccc(-c4ccc(CNC(=O)OC(C)(C)C)cc4)cc3n12. The van der Waals surface area contributed by atoms with Gasteiger partial charge in [-0.3, -0.25) is 4.79 Å². The summed E-state index contributed by atoms with van der Waals surface area (Å²) in [5.74, 6) is 3.69. The van der Waals surface area contributed by atoms with Crippen molar-refractivity contribution in [3.05, 3.63) is 88.7 Å². The lowest BCUT2D eigenvalue weighted by Crippen LogP contribution is -2.43. The summed E-state index contributed by atoms with van der Waals surface area (Å²) in [4.78, 5) is 32.5. The van der Waals surface area contributed by atoms with Gasteiger partial charge in [0.15, 0.2) is 0 Å². The number of rotatable bonds is 6. The fraction of sp³-hybridized carbons (Fsp3) is 0.439. The fourth-order valence-corrected chi connectivity index (χ4v) is 13.4. The van der Waals surface area contributed by atoms with Gasteiger partial charge in [-0.1, -0.05) is 83.9 Å². The molecule has 1 aromatic heterocycles. The smallest absolute Gasteiger partial charge is 0.407 e. The molecular formula is C41H50N4O3Si. The standard InChI is InChI=1S/C41H50N4O3Si/c1-25(2)49(26(3)4,27(5)6)21-20-30-12-11-13-32-37(30)35-23-36(44(10)39(32)46)38-43-33-19-18-31(22-34(33)45(35)38)29-16-14-28(15-17-29)24-42-40(47)48-41(7,8)9/h11-19,22,25-27,35-36H,23-24H2,1-10H3,(H,42,47)/t35-,36-/m1/s1/i10D3. The molecule has 3 aromatic carbocycles. The lowest BCUT2D eigenvalue weighted by atomic mass is 9.93. The number of hydrogen-bond acceptors (Lipinski definition) is 4. The second-order valence-corrected chi connectivity index (χ2v) is 21.0. The van der Waals surface area contributed by atoms with Crippen molar-refractivity contribution in [2.24, 2.45) is 0 Å². The molecule has 8 heteroatoms. The molecule has 2 bridgehead atoms. The summed E-state index contributed by atoms with van der Waals surface area (Å²) < 4.78 is 33.0. The third-order valence-corrected chi connectivity index (χ3v) is 16.7. The largest absolute Gasteiger partial charge is 0.444 e. The van der Waals surface area contributed by atoms with E-state index in [1.54, 1.807) is 6.07 Å². The lowest BCUT2D eigenvalue weighted by Gasteiger charge is -2.38. The van der Waals surface area contributed by atoms with Gasteiger partial charge in [0.2, 0.25) is 0 Å². The monoisotopic (exact) mass is 677 g/mol. The molecule has 0 unspecified atom stereocenters. The van der Waals surface area contributed by atoms with Gasteiger partial charge in [0.25, 0.3) is 5.91 Å². The Labute approximate surface area is 296 Å². The normalized spacial score (nSPS) is 18.4. The molecule has 2 aliphatic rings. The summed E-state index contributed by atoms with van der Waals surface area (Å²) in [6.45, 7) is 16.8. The predicted octanol–water partition coefficient (Wildman–Crippen LogP) is 9.42. The van der Waals surface area contributed by atoms with Crippen molar-refractivity contribution >= 4 is 31.1 Å². The highest BCUT2D eigenvalue weighted by atomic mass is 28.3. The van der Waals surface area contributed by atoms with Crippen molar-refractivity contribution in [1.29, 1.82) is 0 Å². The average molecular weight is 678 g/mol. The topological polar surface area (TPSA) is 76.5 Å². The number of amides is 2. The van der Waals surface area contributed by atoms with Gasteiger partial charge in [-0.25, -0.2) is 9.78 Å². The molecular weight excluding hydrogens is 625 g/mol. The molecule has 3 heterocycles. The van der Waals surface area contributed by atoms with E-state index in [1.807, 2.05) is 69.3 Å². The lowest BCUT2D eigenvalue weighted by molar-refractivity contribution is 0.0523. The number of nitrogens with one attached hydrogen (secondary N) is 1. The summed E-state index contributed by atoms with van der Waals surface area (Å²) in [5, 5.41) is 2.81. The second kappa shape index (κ2) is 12.8. The minimum atomic E-state index is -2.66. The molecule has 2 amide bonds. The first-order chi connectivity index (χ1) is 24.3. The minimum absolute atomic E-state index is 0.327. The van der Waals surface area contributed by atoms with Crippen LogP contribution in [-0.4, -0.2) is 47.1 Å². The summed E-state index contributed by atoms with van der Waals surface area (Å²) in [6, 6.07) is 18.6. The van der Waals surface area contributed by atoms with Gasteiger partial charge in [0, 0.05) is 40.7 Å². The van der Waals surface area contributed by atoms with E-state index in [1.165, 1.54) is 0 Å².